The Bertz CT molecular complexity index is 780. The molecule has 0 spiro atoms. The molecule has 120 valence electrons. The summed E-state index contributed by atoms with van der Waals surface area (Å²) >= 11 is 9.13. The number of carbonyl (C=O) groups is 1. The summed E-state index contributed by atoms with van der Waals surface area (Å²) in [6, 6.07) is 7.36. The lowest BCUT2D eigenvalue weighted by atomic mass is 10.2. The highest BCUT2D eigenvalue weighted by molar-refractivity contribution is 9.10. The molecule has 0 radical (unpaired) electrons. The predicted octanol–water partition coefficient (Wildman–Crippen LogP) is 3.33. The van der Waals surface area contributed by atoms with Crippen LogP contribution in [0.15, 0.2) is 39.9 Å². The molecule has 8 heteroatoms. The Morgan fingerprint density at radius 1 is 1.43 bits per heavy atom. The van der Waals surface area contributed by atoms with Gasteiger partial charge < -0.3 is 14.9 Å². The molecule has 2 N–H and O–H groups in total. The van der Waals surface area contributed by atoms with E-state index in [1.54, 1.807) is 6.07 Å². The van der Waals surface area contributed by atoms with Gasteiger partial charge in [0.1, 0.15) is 5.75 Å². The lowest BCUT2D eigenvalue weighted by Gasteiger charge is -2.15. The summed E-state index contributed by atoms with van der Waals surface area (Å²) < 4.78 is 5.33. The van der Waals surface area contributed by atoms with Crippen molar-refractivity contribution in [3.8, 4) is 11.5 Å². The van der Waals surface area contributed by atoms with Crippen molar-refractivity contribution in [1.29, 1.82) is 0 Å². The zero-order valence-electron chi connectivity index (χ0n) is 11.8. The lowest BCUT2D eigenvalue weighted by molar-refractivity contribution is -0.271. The first-order valence-corrected chi connectivity index (χ1v) is 7.46. The molecule has 0 saturated heterocycles. The summed E-state index contributed by atoms with van der Waals surface area (Å²) in [5, 5.41) is 25.0. The van der Waals surface area contributed by atoms with E-state index in [0.29, 0.717) is 20.7 Å². The highest BCUT2D eigenvalue weighted by Gasteiger charge is 2.06. The van der Waals surface area contributed by atoms with Crippen LogP contribution in [0.1, 0.15) is 15.9 Å². The molecule has 6 nitrogen and oxygen atoms in total. The predicted molar refractivity (Wildman–Crippen MR) is 89.8 cm³/mol. The van der Waals surface area contributed by atoms with Gasteiger partial charge in [0.15, 0.2) is 0 Å². The first-order valence-electron chi connectivity index (χ1n) is 6.29. The number of hydrazone groups is 1. The van der Waals surface area contributed by atoms with Crippen LogP contribution < -0.4 is 15.3 Å². The highest BCUT2D eigenvalue weighted by Crippen LogP contribution is 2.32. The molecule has 2 aromatic rings. The zero-order valence-corrected chi connectivity index (χ0v) is 14.2. The van der Waals surface area contributed by atoms with E-state index in [1.807, 2.05) is 0 Å². The van der Waals surface area contributed by atoms with Crippen molar-refractivity contribution in [2.24, 2.45) is 5.10 Å². The number of hydrogen-bond donors (Lipinski definition) is 2. The fourth-order valence-electron chi connectivity index (χ4n) is 1.73. The van der Waals surface area contributed by atoms with Crippen molar-refractivity contribution in [3.05, 3.63) is 51.0 Å². The van der Waals surface area contributed by atoms with E-state index in [1.165, 1.54) is 37.6 Å². The van der Waals surface area contributed by atoms with Crippen molar-refractivity contribution >= 4 is 45.4 Å². The molecule has 0 atom stereocenters. The SMILES string of the molecule is COc1cc(/C=N/Nc2cc(C(=O)O)ccc2Cl)cc(Br)c1[O-]. The Kier molecular flexibility index (Phi) is 5.46. The summed E-state index contributed by atoms with van der Waals surface area (Å²) in [7, 11) is 1.40. The highest BCUT2D eigenvalue weighted by atomic mass is 79.9. The van der Waals surface area contributed by atoms with Crippen LogP contribution in [-0.4, -0.2) is 24.4 Å². The van der Waals surface area contributed by atoms with Crippen LogP contribution in [0.2, 0.25) is 5.02 Å². The van der Waals surface area contributed by atoms with E-state index in [4.69, 9.17) is 21.4 Å². The van der Waals surface area contributed by atoms with E-state index < -0.39 is 5.97 Å². The van der Waals surface area contributed by atoms with Gasteiger partial charge in [0, 0.05) is 4.47 Å². The number of carboxylic acid groups (broad SMARTS) is 1. The average Bonchev–Trinajstić information content (AvgIpc) is 2.52. The molecular formula is C15H11BrClN2O4-. The van der Waals surface area contributed by atoms with Crippen LogP contribution in [0, 0.1) is 0 Å². The largest absolute Gasteiger partial charge is 0.869 e. The number of carboxylic acids is 1. The van der Waals surface area contributed by atoms with Gasteiger partial charge in [-0.25, -0.2) is 4.79 Å². The Balaban J connectivity index is 2.21. The molecule has 0 heterocycles. The number of aromatic carboxylic acids is 1. The van der Waals surface area contributed by atoms with Gasteiger partial charge in [-0.1, -0.05) is 33.3 Å². The van der Waals surface area contributed by atoms with E-state index in [-0.39, 0.29) is 17.1 Å². The van der Waals surface area contributed by atoms with Crippen LogP contribution in [0.3, 0.4) is 0 Å². The number of halogens is 2. The summed E-state index contributed by atoms with van der Waals surface area (Å²) in [6.45, 7) is 0. The fourth-order valence-corrected chi connectivity index (χ4v) is 2.35. The molecule has 0 amide bonds. The van der Waals surface area contributed by atoms with Crippen LogP contribution in [0.5, 0.6) is 11.5 Å². The van der Waals surface area contributed by atoms with Gasteiger partial charge in [-0.2, -0.15) is 5.10 Å². The number of rotatable bonds is 5. The van der Waals surface area contributed by atoms with E-state index in [2.05, 4.69) is 26.5 Å². The average molecular weight is 399 g/mol. The van der Waals surface area contributed by atoms with Gasteiger partial charge in [0.2, 0.25) is 0 Å². The molecule has 0 saturated carbocycles. The molecule has 0 aromatic heterocycles. The maximum atomic E-state index is 11.7. The molecule has 0 aliphatic rings. The molecule has 23 heavy (non-hydrogen) atoms. The standard InChI is InChI=1S/C15H12BrClN2O4/c1-23-13-5-8(4-10(16)14(13)20)7-18-19-12-6-9(15(21)22)2-3-11(12)17/h2-7,19-20H,1H3,(H,21,22)/p-1/b18-7+. The number of nitrogens with zero attached hydrogens (tertiary/aromatic N) is 1. The molecule has 0 unspecified atom stereocenters. The number of nitrogens with one attached hydrogen (secondary N) is 1. The lowest BCUT2D eigenvalue weighted by Crippen LogP contribution is -2.00. The third kappa shape index (κ3) is 4.14. The second kappa shape index (κ2) is 7.34. The summed E-state index contributed by atoms with van der Waals surface area (Å²) in [5.41, 5.74) is 3.73. The minimum atomic E-state index is -1.06. The monoisotopic (exact) mass is 397 g/mol. The van der Waals surface area contributed by atoms with Crippen molar-refractivity contribution in [2.75, 3.05) is 12.5 Å². The molecule has 2 aromatic carbocycles. The van der Waals surface area contributed by atoms with Crippen molar-refractivity contribution in [2.45, 2.75) is 0 Å². The third-order valence-corrected chi connectivity index (χ3v) is 3.78. The number of hydrogen-bond acceptors (Lipinski definition) is 5. The first-order chi connectivity index (χ1) is 10.9. The second-order valence-electron chi connectivity index (χ2n) is 4.40. The molecule has 0 aliphatic heterocycles. The van der Waals surface area contributed by atoms with Gasteiger partial charge >= 0.3 is 5.97 Å². The van der Waals surface area contributed by atoms with Crippen LogP contribution >= 0.6 is 27.5 Å². The quantitative estimate of drug-likeness (QED) is 0.595. The minimum Gasteiger partial charge on any atom is -0.869 e. The Morgan fingerprint density at radius 2 is 2.17 bits per heavy atom. The van der Waals surface area contributed by atoms with Crippen LogP contribution in [0.25, 0.3) is 0 Å². The Hall–Kier alpha value is -2.25. The van der Waals surface area contributed by atoms with Crippen molar-refractivity contribution in [1.82, 2.24) is 0 Å². The molecule has 0 bridgehead atoms. The van der Waals surface area contributed by atoms with Gasteiger partial charge in [-0.05, 0) is 35.9 Å². The molecule has 2 rings (SSSR count). The van der Waals surface area contributed by atoms with Gasteiger partial charge in [-0.15, -0.1) is 0 Å². The molecular weight excluding hydrogens is 388 g/mol. The van der Waals surface area contributed by atoms with E-state index in [0.717, 1.165) is 0 Å². The topological polar surface area (TPSA) is 94.0 Å². The van der Waals surface area contributed by atoms with E-state index in [9.17, 15) is 9.90 Å². The van der Waals surface area contributed by atoms with Gasteiger partial charge in [0.25, 0.3) is 0 Å². The second-order valence-corrected chi connectivity index (χ2v) is 5.67. The fraction of sp³-hybridized carbons (Fsp3) is 0.0667. The first kappa shape index (κ1) is 17.1. The third-order valence-electron chi connectivity index (χ3n) is 2.86. The van der Waals surface area contributed by atoms with Gasteiger partial charge in [0.05, 0.1) is 29.6 Å². The summed E-state index contributed by atoms with van der Waals surface area (Å²) in [5.74, 6) is -1.13. The van der Waals surface area contributed by atoms with Gasteiger partial charge in [-0.3, -0.25) is 5.43 Å². The van der Waals surface area contributed by atoms with Crippen molar-refractivity contribution < 1.29 is 19.7 Å². The summed E-state index contributed by atoms with van der Waals surface area (Å²) in [4.78, 5) is 10.9. The smallest absolute Gasteiger partial charge is 0.335 e. The van der Waals surface area contributed by atoms with E-state index >= 15 is 0 Å². The van der Waals surface area contributed by atoms with Crippen LogP contribution in [0.4, 0.5) is 5.69 Å². The summed E-state index contributed by atoms with van der Waals surface area (Å²) in [6.07, 6.45) is 1.45. The maximum Gasteiger partial charge on any atom is 0.335 e. The zero-order chi connectivity index (χ0) is 17.0. The molecule has 0 aliphatic carbocycles. The van der Waals surface area contributed by atoms with Crippen molar-refractivity contribution in [3.63, 3.8) is 0 Å². The van der Waals surface area contributed by atoms with Crippen LogP contribution in [-0.2, 0) is 0 Å². The number of ether oxygens (including phenoxy) is 1. The minimum absolute atomic E-state index is 0.0900. The maximum absolute atomic E-state index is 11.7. The number of benzene rings is 2. The number of anilines is 1. The number of methoxy groups -OCH3 is 1. The normalized spacial score (nSPS) is 10.7. The Morgan fingerprint density at radius 3 is 2.83 bits per heavy atom. The molecule has 0 fully saturated rings. The Labute approximate surface area is 145 Å².